The molecule has 3 N–H and O–H groups in total. The molecule has 0 aromatic heterocycles. The molecule has 7 nitrogen and oxygen atoms in total. The first-order valence-corrected chi connectivity index (χ1v) is 11.1. The van der Waals surface area contributed by atoms with Crippen LogP contribution in [0.4, 0.5) is 0 Å². The Morgan fingerprint density at radius 2 is 1.38 bits per heavy atom. The zero-order valence-electron chi connectivity index (χ0n) is 19.4. The quantitative estimate of drug-likeness (QED) is 0.171. The monoisotopic (exact) mass is 462 g/mol. The van der Waals surface area contributed by atoms with Crippen LogP contribution in [0, 0.1) is 5.92 Å². The van der Waals surface area contributed by atoms with E-state index in [1.807, 2.05) is 30.3 Å². The zero-order chi connectivity index (χ0) is 24.3. The molecule has 0 unspecified atom stereocenters. The third-order valence-corrected chi connectivity index (χ3v) is 5.52. The summed E-state index contributed by atoms with van der Waals surface area (Å²) in [4.78, 5) is 24.5. The lowest BCUT2D eigenvalue weighted by molar-refractivity contribution is -0.133. The normalized spacial score (nSPS) is 12.6. The van der Waals surface area contributed by atoms with Crippen LogP contribution in [0.25, 0.3) is 22.3 Å². The van der Waals surface area contributed by atoms with Crippen molar-refractivity contribution in [3.63, 3.8) is 0 Å². The lowest BCUT2D eigenvalue weighted by Crippen LogP contribution is -2.41. The van der Waals surface area contributed by atoms with Crippen molar-refractivity contribution in [3.05, 3.63) is 84.4 Å². The Morgan fingerprint density at radius 1 is 0.853 bits per heavy atom. The summed E-state index contributed by atoms with van der Waals surface area (Å²) >= 11 is 0. The average molecular weight is 463 g/mol. The standard InChI is InChI=1S/C27H30N2O5/c1-19(26(30)29-32)16-25(17-34-18-33-2)28-27(31)24-14-12-23(13-15-24)22-10-8-21(9-11-22)20-6-4-3-5-7-20/h3-15,19,25,32H,16-18H2,1-2H3,(H,28,31)(H,29,30)/t19-,25-/m0/s1. The van der Waals surface area contributed by atoms with Gasteiger partial charge >= 0.3 is 0 Å². The fourth-order valence-corrected chi connectivity index (χ4v) is 3.65. The largest absolute Gasteiger partial charge is 0.359 e. The lowest BCUT2D eigenvalue weighted by Gasteiger charge is -2.21. The summed E-state index contributed by atoms with van der Waals surface area (Å²) in [6.07, 6.45) is 0.299. The minimum Gasteiger partial charge on any atom is -0.359 e. The number of amides is 2. The van der Waals surface area contributed by atoms with E-state index in [-0.39, 0.29) is 19.3 Å². The molecule has 0 bridgehead atoms. The number of methoxy groups -OCH3 is 1. The fourth-order valence-electron chi connectivity index (χ4n) is 3.65. The highest BCUT2D eigenvalue weighted by Gasteiger charge is 2.21. The van der Waals surface area contributed by atoms with Gasteiger partial charge in [0.25, 0.3) is 5.91 Å². The summed E-state index contributed by atoms with van der Waals surface area (Å²) in [6.45, 7) is 1.91. The molecule has 7 heteroatoms. The summed E-state index contributed by atoms with van der Waals surface area (Å²) in [7, 11) is 1.51. The van der Waals surface area contributed by atoms with E-state index in [1.165, 1.54) is 7.11 Å². The maximum atomic E-state index is 12.8. The van der Waals surface area contributed by atoms with Gasteiger partial charge in [0, 0.05) is 18.6 Å². The highest BCUT2D eigenvalue weighted by atomic mass is 16.7. The van der Waals surface area contributed by atoms with E-state index < -0.39 is 17.9 Å². The van der Waals surface area contributed by atoms with Gasteiger partial charge in [-0.1, -0.05) is 73.7 Å². The van der Waals surface area contributed by atoms with Crippen molar-refractivity contribution in [2.75, 3.05) is 20.5 Å². The Hall–Kier alpha value is -3.52. The topological polar surface area (TPSA) is 96.9 Å². The molecule has 0 heterocycles. The van der Waals surface area contributed by atoms with Gasteiger partial charge in [-0.25, -0.2) is 5.48 Å². The molecular weight excluding hydrogens is 432 g/mol. The molecule has 0 saturated heterocycles. The smallest absolute Gasteiger partial charge is 0.251 e. The first-order chi connectivity index (χ1) is 16.5. The molecule has 0 aliphatic heterocycles. The van der Waals surface area contributed by atoms with Gasteiger partial charge in [-0.2, -0.15) is 0 Å². The molecule has 2 amide bonds. The van der Waals surface area contributed by atoms with E-state index in [0.717, 1.165) is 22.3 Å². The minimum atomic E-state index is -0.520. The summed E-state index contributed by atoms with van der Waals surface area (Å²) in [5.74, 6) is -1.30. The fraction of sp³-hybridized carbons (Fsp3) is 0.259. The molecule has 178 valence electrons. The van der Waals surface area contributed by atoms with Crippen molar-refractivity contribution in [2.45, 2.75) is 19.4 Å². The summed E-state index contributed by atoms with van der Waals surface area (Å²) < 4.78 is 10.3. The second kappa shape index (κ2) is 12.6. The van der Waals surface area contributed by atoms with Gasteiger partial charge in [0.15, 0.2) is 0 Å². The molecule has 3 rings (SSSR count). The van der Waals surface area contributed by atoms with Gasteiger partial charge in [-0.3, -0.25) is 14.8 Å². The third kappa shape index (κ3) is 6.99. The highest BCUT2D eigenvalue weighted by Crippen LogP contribution is 2.25. The lowest BCUT2D eigenvalue weighted by atomic mass is 9.99. The van der Waals surface area contributed by atoms with Gasteiger partial charge in [-0.05, 0) is 40.8 Å². The van der Waals surface area contributed by atoms with Crippen LogP contribution in [0.15, 0.2) is 78.9 Å². The van der Waals surface area contributed by atoms with E-state index in [0.29, 0.717) is 12.0 Å². The summed E-state index contributed by atoms with van der Waals surface area (Å²) in [5.41, 5.74) is 6.51. The van der Waals surface area contributed by atoms with E-state index in [4.69, 9.17) is 14.7 Å². The molecular formula is C27H30N2O5. The van der Waals surface area contributed by atoms with Gasteiger partial charge in [-0.15, -0.1) is 0 Å². The van der Waals surface area contributed by atoms with E-state index in [9.17, 15) is 9.59 Å². The number of nitrogens with one attached hydrogen (secondary N) is 2. The molecule has 0 aliphatic rings. The number of carbonyl (C=O) groups is 2. The Morgan fingerprint density at radius 3 is 1.91 bits per heavy atom. The number of rotatable bonds is 11. The van der Waals surface area contributed by atoms with E-state index in [1.54, 1.807) is 24.5 Å². The van der Waals surface area contributed by atoms with Crippen LogP contribution in [0.2, 0.25) is 0 Å². The van der Waals surface area contributed by atoms with Crippen LogP contribution in [-0.4, -0.2) is 43.6 Å². The summed E-state index contributed by atoms with van der Waals surface area (Å²) in [5, 5.41) is 11.8. The highest BCUT2D eigenvalue weighted by molar-refractivity contribution is 5.95. The van der Waals surface area contributed by atoms with Gasteiger partial charge in [0.05, 0.1) is 12.6 Å². The Kier molecular flexibility index (Phi) is 9.34. The predicted molar refractivity (Wildman–Crippen MR) is 130 cm³/mol. The molecule has 0 aliphatic carbocycles. The molecule has 3 aromatic carbocycles. The molecule has 0 saturated carbocycles. The predicted octanol–water partition coefficient (Wildman–Crippen LogP) is 4.27. The molecule has 34 heavy (non-hydrogen) atoms. The van der Waals surface area contributed by atoms with Crippen LogP contribution < -0.4 is 10.8 Å². The molecule has 0 fully saturated rings. The van der Waals surface area contributed by atoms with Crippen molar-refractivity contribution in [2.24, 2.45) is 5.92 Å². The van der Waals surface area contributed by atoms with Gasteiger partial charge < -0.3 is 14.8 Å². The van der Waals surface area contributed by atoms with Crippen molar-refractivity contribution in [1.82, 2.24) is 10.8 Å². The molecule has 0 spiro atoms. The van der Waals surface area contributed by atoms with Crippen LogP contribution in [0.1, 0.15) is 23.7 Å². The number of hydrogen-bond acceptors (Lipinski definition) is 5. The van der Waals surface area contributed by atoms with Crippen LogP contribution in [0.5, 0.6) is 0 Å². The van der Waals surface area contributed by atoms with E-state index in [2.05, 4.69) is 41.7 Å². The average Bonchev–Trinajstić information content (AvgIpc) is 2.89. The SMILES string of the molecule is COCOC[C@H](C[C@H](C)C(=O)NO)NC(=O)c1ccc(-c2ccc(-c3ccccc3)cc2)cc1. The zero-order valence-corrected chi connectivity index (χ0v) is 19.4. The first-order valence-electron chi connectivity index (χ1n) is 11.1. The van der Waals surface area contributed by atoms with Crippen molar-refractivity contribution >= 4 is 11.8 Å². The minimum absolute atomic E-state index is 0.0741. The molecule has 2 atom stereocenters. The van der Waals surface area contributed by atoms with Crippen LogP contribution >= 0.6 is 0 Å². The second-order valence-electron chi connectivity index (χ2n) is 8.08. The Bertz CT molecular complexity index is 1050. The van der Waals surface area contributed by atoms with Crippen LogP contribution in [-0.2, 0) is 14.3 Å². The molecule has 0 radical (unpaired) electrons. The van der Waals surface area contributed by atoms with Crippen molar-refractivity contribution < 1.29 is 24.3 Å². The van der Waals surface area contributed by atoms with Gasteiger partial charge in [0.1, 0.15) is 6.79 Å². The number of hydroxylamine groups is 1. The van der Waals surface area contributed by atoms with Crippen LogP contribution in [0.3, 0.4) is 0 Å². The third-order valence-electron chi connectivity index (χ3n) is 5.52. The second-order valence-corrected chi connectivity index (χ2v) is 8.08. The maximum Gasteiger partial charge on any atom is 0.251 e. The number of hydrogen-bond donors (Lipinski definition) is 3. The number of carbonyl (C=O) groups excluding carboxylic acids is 2. The molecule has 3 aromatic rings. The van der Waals surface area contributed by atoms with E-state index >= 15 is 0 Å². The number of benzene rings is 3. The number of ether oxygens (including phenoxy) is 2. The maximum absolute atomic E-state index is 12.8. The Labute approximate surface area is 199 Å². The first kappa shape index (κ1) is 25.1. The summed E-state index contributed by atoms with van der Waals surface area (Å²) in [6, 6.07) is 25.4. The Balaban J connectivity index is 1.66. The van der Waals surface area contributed by atoms with Gasteiger partial charge in [0.2, 0.25) is 5.91 Å². The van der Waals surface area contributed by atoms with Crippen molar-refractivity contribution in [3.8, 4) is 22.3 Å². The van der Waals surface area contributed by atoms with Crippen molar-refractivity contribution in [1.29, 1.82) is 0 Å².